The van der Waals surface area contributed by atoms with E-state index in [0.717, 1.165) is 19.4 Å². The average molecular weight is 251 g/mol. The average Bonchev–Trinajstić information content (AvgIpc) is 2.86. The van der Waals surface area contributed by atoms with Gasteiger partial charge in [0.05, 0.1) is 7.11 Å². The third-order valence-electron chi connectivity index (χ3n) is 2.96. The number of rotatable bonds is 3. The standard InChI is InChI=1S/C11H17N5O2/c1-7-13-10(15-11(14-7)18-3)16-6-4-5-8(16)9(17)12-2/h8H,4-6H2,1-3H3,(H,12,17). The first-order chi connectivity index (χ1) is 8.65. The summed E-state index contributed by atoms with van der Waals surface area (Å²) < 4.78 is 5.03. The smallest absolute Gasteiger partial charge is 0.321 e. The van der Waals surface area contributed by atoms with Crippen LogP contribution >= 0.6 is 0 Å². The van der Waals surface area contributed by atoms with E-state index >= 15 is 0 Å². The number of aromatic nitrogens is 3. The Bertz CT molecular complexity index is 451. The van der Waals surface area contributed by atoms with Crippen molar-refractivity contribution in [3.05, 3.63) is 5.82 Å². The Morgan fingerprint density at radius 3 is 2.89 bits per heavy atom. The summed E-state index contributed by atoms with van der Waals surface area (Å²) in [5, 5.41) is 2.67. The number of ether oxygens (including phenoxy) is 1. The van der Waals surface area contributed by atoms with Crippen LogP contribution in [0.25, 0.3) is 0 Å². The second kappa shape index (κ2) is 5.16. The molecule has 1 unspecified atom stereocenters. The number of nitrogens with one attached hydrogen (secondary N) is 1. The molecule has 1 atom stereocenters. The zero-order valence-electron chi connectivity index (χ0n) is 10.8. The second-order valence-corrected chi connectivity index (χ2v) is 4.13. The monoisotopic (exact) mass is 251 g/mol. The first-order valence-corrected chi connectivity index (χ1v) is 5.90. The molecule has 0 spiro atoms. The Morgan fingerprint density at radius 1 is 1.44 bits per heavy atom. The van der Waals surface area contributed by atoms with Crippen molar-refractivity contribution in [1.82, 2.24) is 20.3 Å². The molecule has 2 heterocycles. The van der Waals surface area contributed by atoms with E-state index < -0.39 is 0 Å². The highest BCUT2D eigenvalue weighted by atomic mass is 16.5. The number of nitrogens with zero attached hydrogens (tertiary/aromatic N) is 4. The largest absolute Gasteiger partial charge is 0.467 e. The number of likely N-dealkylation sites (N-methyl/N-ethyl adjacent to an activating group) is 1. The quantitative estimate of drug-likeness (QED) is 0.808. The molecule has 0 aliphatic carbocycles. The van der Waals surface area contributed by atoms with E-state index in [1.165, 1.54) is 7.11 Å². The molecule has 1 fully saturated rings. The Balaban J connectivity index is 2.29. The van der Waals surface area contributed by atoms with E-state index in [4.69, 9.17) is 4.74 Å². The molecular weight excluding hydrogens is 234 g/mol. The van der Waals surface area contributed by atoms with Crippen LogP contribution in [-0.4, -0.2) is 47.6 Å². The molecule has 2 rings (SSSR count). The summed E-state index contributed by atoms with van der Waals surface area (Å²) in [4.78, 5) is 26.2. The molecule has 7 heteroatoms. The Morgan fingerprint density at radius 2 is 2.22 bits per heavy atom. The molecule has 1 aliphatic heterocycles. The van der Waals surface area contributed by atoms with E-state index in [9.17, 15) is 4.79 Å². The molecule has 7 nitrogen and oxygen atoms in total. The van der Waals surface area contributed by atoms with Crippen LogP contribution < -0.4 is 15.0 Å². The predicted molar refractivity (Wildman–Crippen MR) is 65.6 cm³/mol. The minimum atomic E-state index is -0.207. The topological polar surface area (TPSA) is 80.2 Å². The molecule has 18 heavy (non-hydrogen) atoms. The number of carbonyl (C=O) groups is 1. The first-order valence-electron chi connectivity index (χ1n) is 5.90. The van der Waals surface area contributed by atoms with E-state index in [0.29, 0.717) is 11.8 Å². The maximum absolute atomic E-state index is 11.8. The van der Waals surface area contributed by atoms with Crippen LogP contribution in [0.5, 0.6) is 6.01 Å². The summed E-state index contributed by atoms with van der Waals surface area (Å²) in [6.07, 6.45) is 1.76. The molecule has 1 aromatic heterocycles. The molecular formula is C11H17N5O2. The number of aryl methyl sites for hydroxylation is 1. The van der Waals surface area contributed by atoms with Crippen molar-refractivity contribution in [2.24, 2.45) is 0 Å². The van der Waals surface area contributed by atoms with Gasteiger partial charge in [-0.3, -0.25) is 4.79 Å². The molecule has 0 bridgehead atoms. The lowest BCUT2D eigenvalue weighted by Gasteiger charge is -2.23. The summed E-state index contributed by atoms with van der Waals surface area (Å²) in [7, 11) is 3.15. The minimum Gasteiger partial charge on any atom is -0.467 e. The number of hydrogen-bond donors (Lipinski definition) is 1. The van der Waals surface area contributed by atoms with Crippen molar-refractivity contribution >= 4 is 11.9 Å². The molecule has 98 valence electrons. The van der Waals surface area contributed by atoms with Crippen molar-refractivity contribution in [3.63, 3.8) is 0 Å². The van der Waals surface area contributed by atoms with Gasteiger partial charge in [0.1, 0.15) is 11.9 Å². The maximum Gasteiger partial charge on any atom is 0.321 e. The number of anilines is 1. The number of methoxy groups -OCH3 is 1. The molecule has 0 radical (unpaired) electrons. The highest BCUT2D eigenvalue weighted by molar-refractivity contribution is 5.85. The van der Waals surface area contributed by atoms with Crippen molar-refractivity contribution in [2.75, 3.05) is 25.6 Å². The number of amides is 1. The summed E-state index contributed by atoms with van der Waals surface area (Å²) in [5.74, 6) is 1.08. The third-order valence-corrected chi connectivity index (χ3v) is 2.96. The van der Waals surface area contributed by atoms with Gasteiger partial charge in [0.2, 0.25) is 11.9 Å². The second-order valence-electron chi connectivity index (χ2n) is 4.13. The van der Waals surface area contributed by atoms with Gasteiger partial charge in [-0.25, -0.2) is 0 Å². The highest BCUT2D eigenvalue weighted by Gasteiger charge is 2.32. The normalized spacial score (nSPS) is 18.8. The first kappa shape index (κ1) is 12.5. The van der Waals surface area contributed by atoms with Crippen LogP contribution in [-0.2, 0) is 4.79 Å². The van der Waals surface area contributed by atoms with Gasteiger partial charge in [-0.1, -0.05) is 0 Å². The summed E-state index contributed by atoms with van der Waals surface area (Å²) in [6, 6.07) is 0.0709. The van der Waals surface area contributed by atoms with Gasteiger partial charge in [-0.15, -0.1) is 0 Å². The number of carbonyl (C=O) groups excluding carboxylic acids is 1. The Labute approximate surface area is 106 Å². The van der Waals surface area contributed by atoms with Gasteiger partial charge >= 0.3 is 6.01 Å². The zero-order chi connectivity index (χ0) is 13.1. The van der Waals surface area contributed by atoms with Gasteiger partial charge in [-0.05, 0) is 19.8 Å². The van der Waals surface area contributed by atoms with Gasteiger partial charge < -0.3 is 15.0 Å². The summed E-state index contributed by atoms with van der Waals surface area (Å²) in [6.45, 7) is 2.55. The van der Waals surface area contributed by atoms with Crippen LogP contribution in [0.4, 0.5) is 5.95 Å². The molecule has 1 aliphatic rings. The van der Waals surface area contributed by atoms with E-state index in [1.54, 1.807) is 14.0 Å². The van der Waals surface area contributed by atoms with Crippen molar-refractivity contribution < 1.29 is 9.53 Å². The lowest BCUT2D eigenvalue weighted by molar-refractivity contribution is -0.121. The van der Waals surface area contributed by atoms with Crippen molar-refractivity contribution in [3.8, 4) is 6.01 Å². The van der Waals surface area contributed by atoms with Crippen LogP contribution in [0.3, 0.4) is 0 Å². The van der Waals surface area contributed by atoms with E-state index in [1.807, 2.05) is 4.90 Å². The number of hydrogen-bond acceptors (Lipinski definition) is 6. The predicted octanol–water partition coefficient (Wildman–Crippen LogP) is -0.0966. The van der Waals surface area contributed by atoms with E-state index in [2.05, 4.69) is 20.3 Å². The van der Waals surface area contributed by atoms with E-state index in [-0.39, 0.29) is 18.0 Å². The third kappa shape index (κ3) is 2.34. The molecule has 1 saturated heterocycles. The highest BCUT2D eigenvalue weighted by Crippen LogP contribution is 2.23. The van der Waals surface area contributed by atoms with Crippen LogP contribution in [0.2, 0.25) is 0 Å². The van der Waals surface area contributed by atoms with Crippen molar-refractivity contribution in [2.45, 2.75) is 25.8 Å². The van der Waals surface area contributed by atoms with Gasteiger partial charge in [0.25, 0.3) is 0 Å². The van der Waals surface area contributed by atoms with Gasteiger partial charge in [-0.2, -0.15) is 15.0 Å². The molecule has 1 N–H and O–H groups in total. The molecule has 0 aromatic carbocycles. The van der Waals surface area contributed by atoms with Crippen LogP contribution in [0, 0.1) is 6.92 Å². The molecule has 0 saturated carbocycles. The van der Waals surface area contributed by atoms with Crippen molar-refractivity contribution in [1.29, 1.82) is 0 Å². The fraction of sp³-hybridized carbons (Fsp3) is 0.636. The van der Waals surface area contributed by atoms with Crippen LogP contribution in [0.15, 0.2) is 0 Å². The van der Waals surface area contributed by atoms with Crippen LogP contribution in [0.1, 0.15) is 18.7 Å². The summed E-state index contributed by atoms with van der Waals surface area (Å²) in [5.41, 5.74) is 0. The molecule has 1 amide bonds. The molecule has 1 aromatic rings. The van der Waals surface area contributed by atoms with Gasteiger partial charge in [0.15, 0.2) is 0 Å². The fourth-order valence-corrected chi connectivity index (χ4v) is 2.11. The minimum absolute atomic E-state index is 0.00969. The Kier molecular flexibility index (Phi) is 3.59. The SMILES string of the molecule is CNC(=O)C1CCCN1c1nc(C)nc(OC)n1. The Hall–Kier alpha value is -1.92. The maximum atomic E-state index is 11.8. The fourth-order valence-electron chi connectivity index (χ4n) is 2.11. The van der Waals surface area contributed by atoms with Gasteiger partial charge in [0, 0.05) is 13.6 Å². The lowest BCUT2D eigenvalue weighted by Crippen LogP contribution is -2.42. The summed E-state index contributed by atoms with van der Waals surface area (Å²) >= 11 is 0. The zero-order valence-corrected chi connectivity index (χ0v) is 10.8. The lowest BCUT2D eigenvalue weighted by atomic mass is 10.2.